The number of benzene rings is 1. The van der Waals surface area contributed by atoms with Crippen molar-refractivity contribution in [1.29, 1.82) is 0 Å². The predicted octanol–water partition coefficient (Wildman–Crippen LogP) is 2.19. The molecule has 2 bridgehead atoms. The fraction of sp³-hybridized carbons (Fsp3) is 0.500. The highest BCUT2D eigenvalue weighted by Crippen LogP contribution is 2.56. The van der Waals surface area contributed by atoms with Crippen LogP contribution >= 0.6 is 0 Å². The molecule has 0 spiro atoms. The Morgan fingerprint density at radius 2 is 1.67 bits per heavy atom. The molecule has 1 saturated heterocycles. The number of nitrogens with zero attached hydrogens (tertiary/aromatic N) is 1. The van der Waals surface area contributed by atoms with Gasteiger partial charge in [-0.15, -0.1) is 0 Å². The van der Waals surface area contributed by atoms with Crippen molar-refractivity contribution in [2.24, 2.45) is 23.7 Å². The Hall–Kier alpha value is -2.24. The third-order valence-electron chi connectivity index (χ3n) is 5.71. The van der Waals surface area contributed by atoms with Crippen LogP contribution in [0.25, 0.3) is 0 Å². The highest BCUT2D eigenvalue weighted by molar-refractivity contribution is 6.06. The third-order valence-corrected chi connectivity index (χ3v) is 5.71. The van der Waals surface area contributed by atoms with E-state index in [2.05, 4.69) is 5.32 Å². The van der Waals surface area contributed by atoms with Crippen molar-refractivity contribution in [2.45, 2.75) is 25.7 Å². The van der Waals surface area contributed by atoms with Crippen LogP contribution in [0.1, 0.15) is 25.7 Å². The topological polar surface area (TPSA) is 66.5 Å². The summed E-state index contributed by atoms with van der Waals surface area (Å²) in [5.41, 5.74) is 0.496. The summed E-state index contributed by atoms with van der Waals surface area (Å²) in [6, 6.07) is 5.48. The molecule has 1 aromatic rings. The van der Waals surface area contributed by atoms with Crippen molar-refractivity contribution in [1.82, 2.24) is 4.90 Å². The van der Waals surface area contributed by atoms with Gasteiger partial charge in [0.15, 0.2) is 0 Å². The molecule has 1 aliphatic heterocycles. The normalized spacial score (nSPS) is 30.8. The molecule has 4 atom stereocenters. The molecule has 2 aliphatic carbocycles. The van der Waals surface area contributed by atoms with Crippen LogP contribution in [0.15, 0.2) is 24.3 Å². The first-order valence-electron chi connectivity index (χ1n) is 8.45. The standard InChI is InChI=1S/C18H19FN2O3/c19-12-3-5-13(6-4-12)20-14(22)7-8-21-17(23)15-10-1-2-11(9-10)16(15)18(21)24/h3-6,10-11,15-16H,1-2,7-9H2,(H,20,22)/t10-,11-,15+,16+/m0/s1. The Kier molecular flexibility index (Phi) is 3.62. The Morgan fingerprint density at radius 1 is 1.08 bits per heavy atom. The van der Waals surface area contributed by atoms with Crippen LogP contribution in [0.5, 0.6) is 0 Å². The molecule has 0 aromatic heterocycles. The first-order chi connectivity index (χ1) is 11.5. The highest BCUT2D eigenvalue weighted by atomic mass is 19.1. The minimum atomic E-state index is -0.373. The maximum Gasteiger partial charge on any atom is 0.233 e. The Bertz CT molecular complexity index is 675. The molecule has 3 fully saturated rings. The summed E-state index contributed by atoms with van der Waals surface area (Å²) in [7, 11) is 0. The molecule has 1 aromatic carbocycles. The molecule has 5 nitrogen and oxygen atoms in total. The minimum absolute atomic E-state index is 0.0592. The summed E-state index contributed by atoms with van der Waals surface area (Å²) < 4.78 is 12.8. The van der Waals surface area contributed by atoms with E-state index >= 15 is 0 Å². The van der Waals surface area contributed by atoms with Gasteiger partial charge in [-0.2, -0.15) is 0 Å². The number of nitrogens with one attached hydrogen (secondary N) is 1. The lowest BCUT2D eigenvalue weighted by molar-refractivity contribution is -0.140. The minimum Gasteiger partial charge on any atom is -0.326 e. The first kappa shape index (κ1) is 15.3. The first-order valence-corrected chi connectivity index (χ1v) is 8.45. The zero-order valence-corrected chi connectivity index (χ0v) is 13.2. The van der Waals surface area contributed by atoms with E-state index in [-0.39, 0.29) is 48.3 Å². The number of fused-ring (bicyclic) bond motifs is 5. The van der Waals surface area contributed by atoms with Gasteiger partial charge in [0.1, 0.15) is 5.82 Å². The fourth-order valence-corrected chi connectivity index (χ4v) is 4.66. The maximum absolute atomic E-state index is 12.8. The Morgan fingerprint density at radius 3 is 2.25 bits per heavy atom. The zero-order valence-electron chi connectivity index (χ0n) is 13.2. The lowest BCUT2D eigenvalue weighted by Crippen LogP contribution is -2.35. The predicted molar refractivity (Wildman–Crippen MR) is 84.2 cm³/mol. The van der Waals surface area contributed by atoms with E-state index in [1.807, 2.05) is 0 Å². The van der Waals surface area contributed by atoms with Gasteiger partial charge in [-0.25, -0.2) is 4.39 Å². The molecule has 0 radical (unpaired) electrons. The van der Waals surface area contributed by atoms with E-state index in [0.29, 0.717) is 17.5 Å². The number of hydrogen-bond acceptors (Lipinski definition) is 3. The monoisotopic (exact) mass is 330 g/mol. The number of likely N-dealkylation sites (tertiary alicyclic amines) is 1. The molecule has 126 valence electrons. The molecule has 6 heteroatoms. The van der Waals surface area contributed by atoms with Crippen LogP contribution in [-0.2, 0) is 14.4 Å². The van der Waals surface area contributed by atoms with Crippen LogP contribution in [0.3, 0.4) is 0 Å². The van der Waals surface area contributed by atoms with Crippen LogP contribution in [0, 0.1) is 29.5 Å². The third kappa shape index (κ3) is 2.41. The summed E-state index contributed by atoms with van der Waals surface area (Å²) in [6.07, 6.45) is 3.16. The second-order valence-corrected chi connectivity index (χ2v) is 7.02. The summed E-state index contributed by atoms with van der Waals surface area (Å²) in [4.78, 5) is 38.3. The van der Waals surface area contributed by atoms with Gasteiger partial charge in [0, 0.05) is 18.7 Å². The second-order valence-electron chi connectivity index (χ2n) is 7.02. The van der Waals surface area contributed by atoms with Gasteiger partial charge in [0.25, 0.3) is 0 Å². The molecular formula is C18H19FN2O3. The van der Waals surface area contributed by atoms with Crippen molar-refractivity contribution in [3.05, 3.63) is 30.1 Å². The molecular weight excluding hydrogens is 311 g/mol. The van der Waals surface area contributed by atoms with E-state index in [1.54, 1.807) is 0 Å². The fourth-order valence-electron chi connectivity index (χ4n) is 4.66. The summed E-state index contributed by atoms with van der Waals surface area (Å²) in [5.74, 6) is -0.417. The van der Waals surface area contributed by atoms with E-state index in [4.69, 9.17) is 0 Å². The van der Waals surface area contributed by atoms with Gasteiger partial charge in [-0.1, -0.05) is 0 Å². The van der Waals surface area contributed by atoms with Gasteiger partial charge < -0.3 is 5.32 Å². The number of anilines is 1. The number of carbonyl (C=O) groups is 3. The highest BCUT2D eigenvalue weighted by Gasteiger charge is 2.60. The van der Waals surface area contributed by atoms with Gasteiger partial charge in [0.05, 0.1) is 11.8 Å². The zero-order chi connectivity index (χ0) is 16.8. The van der Waals surface area contributed by atoms with Crippen LogP contribution in [0.2, 0.25) is 0 Å². The summed E-state index contributed by atoms with van der Waals surface area (Å²) in [6.45, 7) is 0.122. The number of hydrogen-bond donors (Lipinski definition) is 1. The number of carbonyl (C=O) groups excluding carboxylic acids is 3. The molecule has 3 amide bonds. The van der Waals surface area contributed by atoms with Crippen LogP contribution < -0.4 is 5.32 Å². The lowest BCUT2D eigenvalue weighted by atomic mass is 9.81. The van der Waals surface area contributed by atoms with Gasteiger partial charge in [0.2, 0.25) is 17.7 Å². The molecule has 1 N–H and O–H groups in total. The van der Waals surface area contributed by atoms with Crippen molar-refractivity contribution in [3.8, 4) is 0 Å². The number of halogens is 1. The largest absolute Gasteiger partial charge is 0.326 e. The maximum atomic E-state index is 12.8. The Labute approximate surface area is 139 Å². The van der Waals surface area contributed by atoms with E-state index in [0.717, 1.165) is 19.3 Å². The molecule has 1 heterocycles. The second kappa shape index (κ2) is 5.69. The molecule has 0 unspecified atom stereocenters. The number of amides is 3. The number of rotatable bonds is 4. The van der Waals surface area contributed by atoms with Crippen LogP contribution in [-0.4, -0.2) is 29.2 Å². The summed E-state index contributed by atoms with van der Waals surface area (Å²) >= 11 is 0. The quantitative estimate of drug-likeness (QED) is 0.861. The average Bonchev–Trinajstić information content (AvgIpc) is 3.23. The van der Waals surface area contributed by atoms with E-state index < -0.39 is 0 Å². The van der Waals surface area contributed by atoms with Gasteiger partial charge >= 0.3 is 0 Å². The van der Waals surface area contributed by atoms with Gasteiger partial charge in [-0.05, 0) is 55.4 Å². The van der Waals surface area contributed by atoms with Crippen molar-refractivity contribution >= 4 is 23.4 Å². The van der Waals surface area contributed by atoms with Crippen LogP contribution in [0.4, 0.5) is 10.1 Å². The van der Waals surface area contributed by atoms with Crippen molar-refractivity contribution in [2.75, 3.05) is 11.9 Å². The SMILES string of the molecule is O=C(CCN1C(=O)[C@@H]2[C@H]3CC[C@@H](C3)[C@H]2C1=O)Nc1ccc(F)cc1. The molecule has 4 rings (SSSR count). The number of imide groups is 1. The van der Waals surface area contributed by atoms with Crippen molar-refractivity contribution in [3.63, 3.8) is 0 Å². The van der Waals surface area contributed by atoms with E-state index in [9.17, 15) is 18.8 Å². The molecule has 2 saturated carbocycles. The lowest BCUT2D eigenvalue weighted by Gasteiger charge is -2.19. The van der Waals surface area contributed by atoms with Gasteiger partial charge in [-0.3, -0.25) is 19.3 Å². The van der Waals surface area contributed by atoms with E-state index in [1.165, 1.54) is 29.2 Å². The van der Waals surface area contributed by atoms with Crippen molar-refractivity contribution < 1.29 is 18.8 Å². The molecule has 3 aliphatic rings. The average molecular weight is 330 g/mol. The molecule has 24 heavy (non-hydrogen) atoms. The summed E-state index contributed by atoms with van der Waals surface area (Å²) in [5, 5.41) is 2.65. The Balaban J connectivity index is 1.36. The smallest absolute Gasteiger partial charge is 0.233 e.